The summed E-state index contributed by atoms with van der Waals surface area (Å²) in [5, 5.41) is 10.2. The second kappa shape index (κ2) is 9.95. The fraction of sp³-hybridized carbons (Fsp3) is 0.500. The lowest BCUT2D eigenvalue weighted by molar-refractivity contribution is -0.133. The van der Waals surface area contributed by atoms with Gasteiger partial charge in [0.25, 0.3) is 0 Å². The van der Waals surface area contributed by atoms with E-state index in [2.05, 4.69) is 16.9 Å². The van der Waals surface area contributed by atoms with Crippen LogP contribution in [0.4, 0.5) is 0 Å². The number of benzene rings is 1. The van der Waals surface area contributed by atoms with E-state index in [1.165, 1.54) is 0 Å². The highest BCUT2D eigenvalue weighted by molar-refractivity contribution is 5.76. The second-order valence-electron chi connectivity index (χ2n) is 6.58. The molecule has 1 fully saturated rings. The van der Waals surface area contributed by atoms with Crippen molar-refractivity contribution in [3.8, 4) is 12.0 Å². The van der Waals surface area contributed by atoms with E-state index in [0.29, 0.717) is 19.1 Å². The third kappa shape index (κ3) is 6.51. The van der Waals surface area contributed by atoms with Gasteiger partial charge in [-0.15, -0.1) is 0 Å². The maximum absolute atomic E-state index is 12.2. The standard InChI is InChI=1S/C20H26N2O4/c1-21-11-13-22(14-12-21)19(24)8-5-9-20(25,17-23)10-15-26-16-18-6-3-2-4-7-18/h2-4,6-7,17,25H,5,8-9,11-14,16H2,1H3. The van der Waals surface area contributed by atoms with Crippen LogP contribution in [0.25, 0.3) is 0 Å². The SMILES string of the molecule is CN1CCN(C(=O)CCCC(O)(C#COCc2ccccc2)C=O)CC1. The van der Waals surface area contributed by atoms with Crippen LogP contribution in [-0.4, -0.2) is 65.9 Å². The van der Waals surface area contributed by atoms with Crippen molar-refractivity contribution in [2.45, 2.75) is 31.5 Å². The number of piperazine rings is 1. The van der Waals surface area contributed by atoms with Crippen molar-refractivity contribution in [2.24, 2.45) is 0 Å². The molecule has 0 bridgehead atoms. The van der Waals surface area contributed by atoms with Crippen molar-refractivity contribution in [3.63, 3.8) is 0 Å². The Kier molecular flexibility index (Phi) is 7.64. The van der Waals surface area contributed by atoms with Crippen LogP contribution in [0.3, 0.4) is 0 Å². The molecule has 0 aliphatic carbocycles. The fourth-order valence-electron chi connectivity index (χ4n) is 2.69. The zero-order valence-electron chi connectivity index (χ0n) is 15.2. The number of amides is 1. The molecule has 1 aromatic carbocycles. The zero-order chi connectivity index (χ0) is 18.8. The van der Waals surface area contributed by atoms with Crippen molar-refractivity contribution in [3.05, 3.63) is 35.9 Å². The number of rotatable bonds is 7. The van der Waals surface area contributed by atoms with Gasteiger partial charge < -0.3 is 19.6 Å². The van der Waals surface area contributed by atoms with Gasteiger partial charge in [-0.3, -0.25) is 9.59 Å². The Hall–Kier alpha value is -2.36. The van der Waals surface area contributed by atoms with Gasteiger partial charge in [0.15, 0.2) is 11.9 Å². The van der Waals surface area contributed by atoms with E-state index in [9.17, 15) is 14.7 Å². The topological polar surface area (TPSA) is 70.1 Å². The summed E-state index contributed by atoms with van der Waals surface area (Å²) >= 11 is 0. The molecule has 1 aromatic rings. The average Bonchev–Trinajstić information content (AvgIpc) is 2.66. The fourth-order valence-corrected chi connectivity index (χ4v) is 2.69. The van der Waals surface area contributed by atoms with Crippen LogP contribution in [0.2, 0.25) is 0 Å². The molecule has 140 valence electrons. The van der Waals surface area contributed by atoms with E-state index in [-0.39, 0.29) is 18.9 Å². The number of carbonyl (C=O) groups excluding carboxylic acids is 2. The van der Waals surface area contributed by atoms with Crippen molar-refractivity contribution < 1.29 is 19.4 Å². The van der Waals surface area contributed by atoms with E-state index >= 15 is 0 Å². The zero-order valence-corrected chi connectivity index (χ0v) is 15.2. The molecule has 1 aliphatic rings. The van der Waals surface area contributed by atoms with Crippen molar-refractivity contribution in [2.75, 3.05) is 33.2 Å². The molecular formula is C20H26N2O4. The molecule has 1 amide bonds. The number of nitrogens with zero attached hydrogens (tertiary/aromatic N) is 2. The molecule has 26 heavy (non-hydrogen) atoms. The molecule has 0 radical (unpaired) electrons. The summed E-state index contributed by atoms with van der Waals surface area (Å²) in [7, 11) is 2.03. The van der Waals surface area contributed by atoms with Crippen LogP contribution in [0.15, 0.2) is 30.3 Å². The van der Waals surface area contributed by atoms with Gasteiger partial charge in [0, 0.05) is 32.6 Å². The van der Waals surface area contributed by atoms with Gasteiger partial charge in [0.1, 0.15) is 12.7 Å². The minimum Gasteiger partial charge on any atom is -0.442 e. The summed E-state index contributed by atoms with van der Waals surface area (Å²) in [4.78, 5) is 27.4. The van der Waals surface area contributed by atoms with E-state index < -0.39 is 5.60 Å². The van der Waals surface area contributed by atoms with Crippen molar-refractivity contribution >= 4 is 12.2 Å². The lowest BCUT2D eigenvalue weighted by Crippen LogP contribution is -2.47. The number of hydrogen-bond acceptors (Lipinski definition) is 5. The summed E-state index contributed by atoms with van der Waals surface area (Å²) in [6.07, 6.45) is 3.61. The Morgan fingerprint density at radius 1 is 1.27 bits per heavy atom. The van der Waals surface area contributed by atoms with Gasteiger partial charge in [0.05, 0.1) is 0 Å². The maximum Gasteiger partial charge on any atom is 0.222 e. The first-order chi connectivity index (χ1) is 12.5. The molecule has 6 heteroatoms. The van der Waals surface area contributed by atoms with E-state index in [1.807, 2.05) is 42.3 Å². The third-order valence-electron chi connectivity index (χ3n) is 4.42. The Bertz CT molecular complexity index is 645. The maximum atomic E-state index is 12.2. The summed E-state index contributed by atoms with van der Waals surface area (Å²) in [6.45, 7) is 3.47. The number of carbonyl (C=O) groups is 2. The first-order valence-electron chi connectivity index (χ1n) is 8.85. The molecule has 2 rings (SSSR count). The van der Waals surface area contributed by atoms with Crippen LogP contribution < -0.4 is 0 Å². The number of likely N-dealkylation sites (N-methyl/N-ethyl adjacent to an activating group) is 1. The van der Waals surface area contributed by atoms with Gasteiger partial charge in [-0.2, -0.15) is 0 Å². The molecule has 1 heterocycles. The van der Waals surface area contributed by atoms with Gasteiger partial charge >= 0.3 is 0 Å². The summed E-state index contributed by atoms with van der Waals surface area (Å²) in [5.74, 6) is 2.51. The summed E-state index contributed by atoms with van der Waals surface area (Å²) in [6, 6.07) is 9.50. The number of aliphatic hydroxyl groups is 1. The van der Waals surface area contributed by atoms with Crippen LogP contribution in [0, 0.1) is 12.0 Å². The Morgan fingerprint density at radius 2 is 1.96 bits per heavy atom. The quantitative estimate of drug-likeness (QED) is 0.583. The molecule has 1 aliphatic heterocycles. The molecule has 0 aromatic heterocycles. The van der Waals surface area contributed by atoms with E-state index in [4.69, 9.17) is 4.74 Å². The minimum absolute atomic E-state index is 0.0552. The highest BCUT2D eigenvalue weighted by atomic mass is 16.5. The highest BCUT2D eigenvalue weighted by Crippen LogP contribution is 2.13. The Labute approximate surface area is 154 Å². The predicted octanol–water partition coefficient (Wildman–Crippen LogP) is 1.04. The smallest absolute Gasteiger partial charge is 0.222 e. The molecule has 1 unspecified atom stereocenters. The first-order valence-corrected chi connectivity index (χ1v) is 8.85. The van der Waals surface area contributed by atoms with Gasteiger partial charge in [-0.05, 0) is 31.4 Å². The predicted molar refractivity (Wildman–Crippen MR) is 97.9 cm³/mol. The summed E-state index contributed by atoms with van der Waals surface area (Å²) in [5.41, 5.74) is -0.826. The third-order valence-corrected chi connectivity index (χ3v) is 4.42. The van der Waals surface area contributed by atoms with Crippen LogP contribution in [0.1, 0.15) is 24.8 Å². The van der Waals surface area contributed by atoms with Gasteiger partial charge in [-0.1, -0.05) is 30.3 Å². The van der Waals surface area contributed by atoms with E-state index in [1.54, 1.807) is 0 Å². The van der Waals surface area contributed by atoms with Crippen LogP contribution in [0.5, 0.6) is 0 Å². The first kappa shape index (κ1) is 20.0. The largest absolute Gasteiger partial charge is 0.442 e. The average molecular weight is 358 g/mol. The molecule has 1 N–H and O–H groups in total. The van der Waals surface area contributed by atoms with Crippen LogP contribution in [-0.2, 0) is 20.9 Å². The molecule has 1 atom stereocenters. The molecule has 0 spiro atoms. The second-order valence-corrected chi connectivity index (χ2v) is 6.58. The molecule has 1 saturated heterocycles. The normalized spacial score (nSPS) is 16.9. The van der Waals surface area contributed by atoms with Gasteiger partial charge in [-0.25, -0.2) is 0 Å². The number of hydrogen-bond donors (Lipinski definition) is 1. The molecule has 6 nitrogen and oxygen atoms in total. The minimum atomic E-state index is -1.78. The lowest BCUT2D eigenvalue weighted by Gasteiger charge is -2.32. The van der Waals surface area contributed by atoms with Crippen molar-refractivity contribution in [1.29, 1.82) is 0 Å². The van der Waals surface area contributed by atoms with E-state index in [0.717, 1.165) is 31.7 Å². The molecular weight excluding hydrogens is 332 g/mol. The van der Waals surface area contributed by atoms with Crippen molar-refractivity contribution in [1.82, 2.24) is 9.80 Å². The van der Waals surface area contributed by atoms with Gasteiger partial charge in [0.2, 0.25) is 5.91 Å². The Morgan fingerprint density at radius 3 is 2.62 bits per heavy atom. The Balaban J connectivity index is 1.74. The lowest BCUT2D eigenvalue weighted by atomic mass is 9.99. The summed E-state index contributed by atoms with van der Waals surface area (Å²) < 4.78 is 5.19. The van der Waals surface area contributed by atoms with Crippen LogP contribution >= 0.6 is 0 Å². The number of aldehydes is 1. The number of ether oxygens (including phenoxy) is 1. The molecule has 0 saturated carbocycles. The highest BCUT2D eigenvalue weighted by Gasteiger charge is 2.25. The monoisotopic (exact) mass is 358 g/mol.